The Morgan fingerprint density at radius 1 is 0.649 bits per heavy atom. The van der Waals surface area contributed by atoms with Gasteiger partial charge in [-0.15, -0.1) is 0 Å². The number of aryl methyl sites for hydroxylation is 1. The van der Waals surface area contributed by atoms with E-state index < -0.39 is 23.3 Å². The van der Waals surface area contributed by atoms with Crippen LogP contribution in [0.3, 0.4) is 0 Å². The molecule has 0 spiro atoms. The van der Waals surface area contributed by atoms with E-state index in [2.05, 4.69) is 6.92 Å². The maximum atomic E-state index is 15.1. The monoisotopic (exact) mass is 514 g/mol. The fraction of sp³-hybridized carbons (Fsp3) is 0.419. The van der Waals surface area contributed by atoms with Gasteiger partial charge >= 0.3 is 0 Å². The summed E-state index contributed by atoms with van der Waals surface area (Å²) < 4.78 is 70.9. The van der Waals surface area contributed by atoms with E-state index in [1.807, 2.05) is 6.92 Å². The van der Waals surface area contributed by atoms with Crippen LogP contribution in [0.25, 0.3) is 22.3 Å². The summed E-state index contributed by atoms with van der Waals surface area (Å²) in [5.74, 6) is -3.98. The average molecular weight is 515 g/mol. The van der Waals surface area contributed by atoms with Crippen LogP contribution in [0, 0.1) is 23.3 Å². The Balaban J connectivity index is 1.48. The molecule has 0 atom stereocenters. The zero-order chi connectivity index (χ0) is 26.4. The van der Waals surface area contributed by atoms with Crippen molar-refractivity contribution >= 4 is 0 Å². The summed E-state index contributed by atoms with van der Waals surface area (Å²) in [5, 5.41) is 0. The lowest BCUT2D eigenvalue weighted by atomic mass is 9.94. The number of hydrogen-bond donors (Lipinski definition) is 0. The van der Waals surface area contributed by atoms with Gasteiger partial charge in [-0.05, 0) is 47.9 Å². The van der Waals surface area contributed by atoms with E-state index >= 15 is 8.78 Å². The fourth-order valence-corrected chi connectivity index (χ4v) is 4.76. The van der Waals surface area contributed by atoms with Crippen molar-refractivity contribution in [3.63, 3.8) is 0 Å². The summed E-state index contributed by atoms with van der Waals surface area (Å²) in [6.07, 6.45) is 5.88. The van der Waals surface area contributed by atoms with Crippen molar-refractivity contribution in [1.82, 2.24) is 0 Å². The van der Waals surface area contributed by atoms with Crippen LogP contribution in [0.5, 0.6) is 0 Å². The van der Waals surface area contributed by atoms with Gasteiger partial charge in [0.15, 0.2) is 29.6 Å². The van der Waals surface area contributed by atoms with Gasteiger partial charge in [-0.1, -0.05) is 81.6 Å². The van der Waals surface area contributed by atoms with Crippen LogP contribution in [0.1, 0.15) is 69.4 Å². The number of ether oxygens (including phenoxy) is 2. The summed E-state index contributed by atoms with van der Waals surface area (Å²) in [6, 6.07) is 12.6. The molecule has 3 aromatic rings. The Morgan fingerprint density at radius 2 is 1.22 bits per heavy atom. The molecule has 37 heavy (non-hydrogen) atoms. The Kier molecular flexibility index (Phi) is 9.38. The van der Waals surface area contributed by atoms with Gasteiger partial charge in [0.25, 0.3) is 0 Å². The highest BCUT2D eigenvalue weighted by Crippen LogP contribution is 2.34. The first kappa shape index (κ1) is 27.3. The van der Waals surface area contributed by atoms with Crippen molar-refractivity contribution < 1.29 is 27.0 Å². The van der Waals surface area contributed by atoms with Gasteiger partial charge in [0, 0.05) is 17.0 Å². The second kappa shape index (κ2) is 12.7. The zero-order valence-electron chi connectivity index (χ0n) is 21.5. The Bertz CT molecular complexity index is 1180. The largest absolute Gasteiger partial charge is 0.352 e. The molecule has 1 fully saturated rings. The highest BCUT2D eigenvalue weighted by atomic mass is 19.2. The normalized spacial score (nSPS) is 17.8. The van der Waals surface area contributed by atoms with Gasteiger partial charge in [-0.25, -0.2) is 17.6 Å². The Labute approximate surface area is 216 Å². The van der Waals surface area contributed by atoms with E-state index in [9.17, 15) is 8.78 Å². The van der Waals surface area contributed by atoms with Crippen LogP contribution in [0.4, 0.5) is 17.6 Å². The second-order valence-electron chi connectivity index (χ2n) is 9.70. The van der Waals surface area contributed by atoms with Crippen LogP contribution in [-0.2, 0) is 15.9 Å². The van der Waals surface area contributed by atoms with E-state index in [-0.39, 0.29) is 42.1 Å². The standard InChI is InChI=1S/C31H34F4O2/c1-3-5-7-9-27-36-18-23(19-37-27)26-17-16-25(30(34)31(26)35)21-12-10-20(11-13-21)24-15-14-22(8-6-4-2)28(32)29(24)33/h10-17,23,27H,3-9,18-19H2,1-2H3. The molecule has 6 heteroatoms. The third-order valence-corrected chi connectivity index (χ3v) is 7.03. The molecule has 0 aromatic heterocycles. The summed E-state index contributed by atoms with van der Waals surface area (Å²) in [7, 11) is 0. The van der Waals surface area contributed by atoms with Crippen LogP contribution >= 0.6 is 0 Å². The number of rotatable bonds is 10. The van der Waals surface area contributed by atoms with Crippen molar-refractivity contribution in [2.45, 2.75) is 71.0 Å². The lowest BCUT2D eigenvalue weighted by molar-refractivity contribution is -0.190. The number of halogens is 4. The minimum Gasteiger partial charge on any atom is -0.352 e. The summed E-state index contributed by atoms with van der Waals surface area (Å²) in [6.45, 7) is 4.68. The van der Waals surface area contributed by atoms with Crippen LogP contribution in [0.2, 0.25) is 0 Å². The number of unbranched alkanes of at least 4 members (excludes halogenated alkanes) is 3. The maximum Gasteiger partial charge on any atom is 0.166 e. The SMILES string of the molecule is CCCCCC1OCC(c2ccc(-c3ccc(-c4ccc(CCCC)c(F)c4F)cc3)c(F)c2F)CO1. The smallest absolute Gasteiger partial charge is 0.166 e. The van der Waals surface area contributed by atoms with Crippen LogP contribution in [0.15, 0.2) is 48.5 Å². The molecule has 0 amide bonds. The first-order valence-electron chi connectivity index (χ1n) is 13.2. The van der Waals surface area contributed by atoms with Gasteiger partial charge in [-0.2, -0.15) is 0 Å². The second-order valence-corrected chi connectivity index (χ2v) is 9.70. The zero-order valence-corrected chi connectivity index (χ0v) is 21.5. The summed E-state index contributed by atoms with van der Waals surface area (Å²) in [4.78, 5) is 0. The molecule has 1 heterocycles. The minimum atomic E-state index is -0.951. The molecule has 198 valence electrons. The first-order valence-corrected chi connectivity index (χ1v) is 13.2. The molecular formula is C31H34F4O2. The topological polar surface area (TPSA) is 18.5 Å². The average Bonchev–Trinajstić information content (AvgIpc) is 2.92. The van der Waals surface area contributed by atoms with Gasteiger partial charge < -0.3 is 9.47 Å². The number of benzene rings is 3. The molecule has 0 saturated carbocycles. The molecule has 0 N–H and O–H groups in total. The molecule has 0 bridgehead atoms. The Morgan fingerprint density at radius 3 is 1.81 bits per heavy atom. The van der Waals surface area contributed by atoms with E-state index in [4.69, 9.17) is 9.47 Å². The van der Waals surface area contributed by atoms with Crippen molar-refractivity contribution in [3.05, 3.63) is 82.9 Å². The van der Waals surface area contributed by atoms with Crippen LogP contribution < -0.4 is 0 Å². The summed E-state index contributed by atoms with van der Waals surface area (Å²) >= 11 is 0. The van der Waals surface area contributed by atoms with Crippen molar-refractivity contribution in [2.75, 3.05) is 13.2 Å². The lowest BCUT2D eigenvalue weighted by Gasteiger charge is -2.30. The molecule has 1 aliphatic rings. The summed E-state index contributed by atoms with van der Waals surface area (Å²) in [5.41, 5.74) is 1.73. The minimum absolute atomic E-state index is 0.101. The Hall–Kier alpha value is -2.70. The predicted molar refractivity (Wildman–Crippen MR) is 138 cm³/mol. The third-order valence-electron chi connectivity index (χ3n) is 7.03. The molecule has 0 radical (unpaired) electrons. The van der Waals surface area contributed by atoms with E-state index in [1.165, 1.54) is 0 Å². The van der Waals surface area contributed by atoms with E-state index in [1.54, 1.807) is 48.5 Å². The predicted octanol–water partition coefficient (Wildman–Crippen LogP) is 8.96. The molecule has 2 nitrogen and oxygen atoms in total. The molecule has 0 aliphatic carbocycles. The highest BCUT2D eigenvalue weighted by molar-refractivity contribution is 5.71. The van der Waals surface area contributed by atoms with Gasteiger partial charge in [0.2, 0.25) is 0 Å². The van der Waals surface area contributed by atoms with Gasteiger partial charge in [0.1, 0.15) is 0 Å². The molecule has 1 aliphatic heterocycles. The first-order chi connectivity index (χ1) is 17.9. The quantitative estimate of drug-likeness (QED) is 0.199. The van der Waals surface area contributed by atoms with Gasteiger partial charge in [0.05, 0.1) is 13.2 Å². The van der Waals surface area contributed by atoms with Crippen molar-refractivity contribution in [1.29, 1.82) is 0 Å². The fourth-order valence-electron chi connectivity index (χ4n) is 4.76. The molecule has 1 saturated heterocycles. The van der Waals surface area contributed by atoms with Crippen molar-refractivity contribution in [2.24, 2.45) is 0 Å². The van der Waals surface area contributed by atoms with E-state index in [0.717, 1.165) is 38.5 Å². The third kappa shape index (κ3) is 6.24. The number of hydrogen-bond acceptors (Lipinski definition) is 2. The van der Waals surface area contributed by atoms with Gasteiger partial charge in [-0.3, -0.25) is 0 Å². The molecular weight excluding hydrogens is 480 g/mol. The molecule has 4 rings (SSSR count). The molecule has 0 unspecified atom stereocenters. The lowest BCUT2D eigenvalue weighted by Crippen LogP contribution is -2.31. The van der Waals surface area contributed by atoms with E-state index in [0.29, 0.717) is 23.1 Å². The molecule has 3 aromatic carbocycles. The van der Waals surface area contributed by atoms with Crippen LogP contribution in [-0.4, -0.2) is 19.5 Å². The highest BCUT2D eigenvalue weighted by Gasteiger charge is 2.27. The van der Waals surface area contributed by atoms with Crippen molar-refractivity contribution in [3.8, 4) is 22.3 Å². The maximum absolute atomic E-state index is 15.1.